The fraction of sp³-hybridized carbons (Fsp3) is 0.333. The molecule has 1 aliphatic rings. The van der Waals surface area contributed by atoms with Gasteiger partial charge in [-0.25, -0.2) is 8.78 Å². The van der Waals surface area contributed by atoms with Gasteiger partial charge >= 0.3 is 0 Å². The van der Waals surface area contributed by atoms with E-state index < -0.39 is 17.4 Å². The van der Waals surface area contributed by atoms with E-state index in [2.05, 4.69) is 9.97 Å². The monoisotopic (exact) mass is 443 g/mol. The number of H-pyrrole nitrogens is 1. The van der Waals surface area contributed by atoms with Gasteiger partial charge in [0.1, 0.15) is 11.5 Å². The number of likely N-dealkylation sites (tertiary alicyclic amines) is 1. The third kappa shape index (κ3) is 4.64. The van der Waals surface area contributed by atoms with Gasteiger partial charge in [0.2, 0.25) is 0 Å². The molecule has 1 amide bonds. The SMILES string of the molecule is Cc1ccc(CC(c2ccc[nH]2)C2(F)CCN(C(=O)c3ccc(F)c(Cl)c3)CC2)nc1. The van der Waals surface area contributed by atoms with Crippen LogP contribution in [0.15, 0.2) is 54.9 Å². The number of pyridine rings is 1. The minimum atomic E-state index is -1.48. The van der Waals surface area contributed by atoms with Gasteiger partial charge in [-0.2, -0.15) is 0 Å². The van der Waals surface area contributed by atoms with Crippen molar-refractivity contribution in [2.75, 3.05) is 13.1 Å². The fourth-order valence-electron chi connectivity index (χ4n) is 4.20. The average molecular weight is 444 g/mol. The van der Waals surface area contributed by atoms with Crippen LogP contribution in [0.2, 0.25) is 5.02 Å². The van der Waals surface area contributed by atoms with Gasteiger partial charge in [0.05, 0.1) is 5.02 Å². The largest absolute Gasteiger partial charge is 0.365 e. The molecule has 1 N–H and O–H groups in total. The van der Waals surface area contributed by atoms with Crippen LogP contribution in [0.5, 0.6) is 0 Å². The minimum Gasteiger partial charge on any atom is -0.365 e. The summed E-state index contributed by atoms with van der Waals surface area (Å²) in [5, 5.41) is -0.0971. The summed E-state index contributed by atoms with van der Waals surface area (Å²) in [5.74, 6) is -1.23. The van der Waals surface area contributed by atoms with Gasteiger partial charge in [-0.05, 0) is 61.7 Å². The number of aryl methyl sites for hydroxylation is 1. The predicted molar refractivity (Wildman–Crippen MR) is 117 cm³/mol. The number of halogens is 3. The van der Waals surface area contributed by atoms with Crippen molar-refractivity contribution >= 4 is 17.5 Å². The second kappa shape index (κ2) is 8.79. The van der Waals surface area contributed by atoms with E-state index in [1.165, 1.54) is 18.2 Å². The maximum Gasteiger partial charge on any atom is 0.253 e. The minimum absolute atomic E-state index is 0.0971. The van der Waals surface area contributed by atoms with E-state index in [0.29, 0.717) is 12.0 Å². The molecule has 1 fully saturated rings. The highest BCUT2D eigenvalue weighted by Crippen LogP contribution is 2.41. The van der Waals surface area contributed by atoms with Crippen LogP contribution in [-0.2, 0) is 6.42 Å². The number of carbonyl (C=O) groups excluding carboxylic acids is 1. The molecule has 1 atom stereocenters. The van der Waals surface area contributed by atoms with Crippen molar-refractivity contribution in [3.63, 3.8) is 0 Å². The summed E-state index contributed by atoms with van der Waals surface area (Å²) < 4.78 is 29.7. The van der Waals surface area contributed by atoms with Gasteiger partial charge < -0.3 is 9.88 Å². The van der Waals surface area contributed by atoms with Crippen molar-refractivity contribution in [3.05, 3.63) is 88.2 Å². The molecule has 7 heteroatoms. The van der Waals surface area contributed by atoms with Crippen molar-refractivity contribution in [2.45, 2.75) is 37.8 Å². The van der Waals surface area contributed by atoms with Crippen LogP contribution >= 0.6 is 11.6 Å². The van der Waals surface area contributed by atoms with Gasteiger partial charge in [0.15, 0.2) is 0 Å². The first-order valence-corrected chi connectivity index (χ1v) is 10.7. The first-order valence-electron chi connectivity index (χ1n) is 10.3. The maximum atomic E-state index is 16.3. The molecular weight excluding hydrogens is 420 g/mol. The van der Waals surface area contributed by atoms with Gasteiger partial charge in [-0.1, -0.05) is 17.7 Å². The summed E-state index contributed by atoms with van der Waals surface area (Å²) in [6.07, 6.45) is 4.48. The second-order valence-electron chi connectivity index (χ2n) is 8.16. The number of aromatic nitrogens is 2. The number of hydrogen-bond donors (Lipinski definition) is 1. The van der Waals surface area contributed by atoms with Crippen LogP contribution in [-0.4, -0.2) is 39.5 Å². The van der Waals surface area contributed by atoms with Crippen molar-refractivity contribution < 1.29 is 13.6 Å². The predicted octanol–water partition coefficient (Wildman–Crippen LogP) is 5.48. The van der Waals surface area contributed by atoms with E-state index in [1.807, 2.05) is 31.2 Å². The Hall–Kier alpha value is -2.73. The molecule has 1 aromatic carbocycles. The Morgan fingerprint density at radius 2 is 2.03 bits per heavy atom. The molecule has 1 saturated heterocycles. The lowest BCUT2D eigenvalue weighted by Crippen LogP contribution is -2.47. The number of benzene rings is 1. The number of nitrogens with zero attached hydrogens (tertiary/aromatic N) is 2. The van der Waals surface area contributed by atoms with Gasteiger partial charge in [0.25, 0.3) is 5.91 Å². The molecule has 2 aromatic heterocycles. The highest BCUT2D eigenvalue weighted by Gasteiger charge is 2.44. The zero-order valence-corrected chi connectivity index (χ0v) is 18.0. The number of alkyl halides is 1. The smallest absolute Gasteiger partial charge is 0.253 e. The quantitative estimate of drug-likeness (QED) is 0.567. The molecule has 0 saturated carbocycles. The number of amides is 1. The normalized spacial score (nSPS) is 16.8. The van der Waals surface area contributed by atoms with Crippen molar-refractivity contribution in [3.8, 4) is 0 Å². The Kier molecular flexibility index (Phi) is 6.10. The lowest BCUT2D eigenvalue weighted by molar-refractivity contribution is 0.0285. The van der Waals surface area contributed by atoms with Gasteiger partial charge in [-0.3, -0.25) is 9.78 Å². The van der Waals surface area contributed by atoms with Crippen LogP contribution in [0.1, 0.15) is 46.1 Å². The van der Waals surface area contributed by atoms with E-state index in [-0.39, 0.29) is 36.9 Å². The highest BCUT2D eigenvalue weighted by molar-refractivity contribution is 6.31. The number of hydrogen-bond acceptors (Lipinski definition) is 2. The average Bonchev–Trinajstić information content (AvgIpc) is 3.29. The number of aromatic amines is 1. The molecule has 3 heterocycles. The molecule has 3 aromatic rings. The molecular formula is C24H24ClF2N3O. The lowest BCUT2D eigenvalue weighted by atomic mass is 9.76. The van der Waals surface area contributed by atoms with E-state index in [4.69, 9.17) is 11.6 Å². The van der Waals surface area contributed by atoms with E-state index in [9.17, 15) is 9.18 Å². The molecule has 162 valence electrons. The standard InChI is InChI=1S/C24H24ClF2N3O/c1-16-4-6-18(29-15-16)14-19(22-3-2-10-28-22)24(27)8-11-30(12-9-24)23(31)17-5-7-21(26)20(25)13-17/h2-7,10,13,15,19,28H,8-9,11-12,14H2,1H3. The summed E-state index contributed by atoms with van der Waals surface area (Å²) in [5.41, 5.74) is 1.55. The van der Waals surface area contributed by atoms with Gasteiger partial charge in [-0.15, -0.1) is 0 Å². The molecule has 4 rings (SSSR count). The van der Waals surface area contributed by atoms with Crippen molar-refractivity contribution in [1.82, 2.24) is 14.9 Å². The molecule has 0 aliphatic carbocycles. The fourth-order valence-corrected chi connectivity index (χ4v) is 4.38. The number of rotatable bonds is 5. The van der Waals surface area contributed by atoms with Crippen LogP contribution in [0.3, 0.4) is 0 Å². The van der Waals surface area contributed by atoms with Crippen LogP contribution in [0, 0.1) is 12.7 Å². The number of nitrogens with one attached hydrogen (secondary N) is 1. The van der Waals surface area contributed by atoms with Gasteiger partial charge in [0, 0.05) is 54.8 Å². The Morgan fingerprint density at radius 1 is 1.26 bits per heavy atom. The van der Waals surface area contributed by atoms with Crippen LogP contribution in [0.4, 0.5) is 8.78 Å². The molecule has 31 heavy (non-hydrogen) atoms. The molecule has 1 unspecified atom stereocenters. The number of piperidine rings is 1. The topological polar surface area (TPSA) is 49.0 Å². The van der Waals surface area contributed by atoms with E-state index in [1.54, 1.807) is 17.3 Å². The first kappa shape index (κ1) is 21.5. The summed E-state index contributed by atoms with van der Waals surface area (Å²) >= 11 is 5.81. The Morgan fingerprint density at radius 3 is 2.65 bits per heavy atom. The van der Waals surface area contributed by atoms with E-state index >= 15 is 4.39 Å². The number of carbonyl (C=O) groups is 1. The summed E-state index contributed by atoms with van der Waals surface area (Å²) in [6, 6.07) is 11.6. The van der Waals surface area contributed by atoms with Crippen LogP contribution < -0.4 is 0 Å². The molecule has 0 spiro atoms. The van der Waals surface area contributed by atoms with Crippen molar-refractivity contribution in [1.29, 1.82) is 0 Å². The van der Waals surface area contributed by atoms with Crippen molar-refractivity contribution in [2.24, 2.45) is 0 Å². The molecule has 0 bridgehead atoms. The Bertz CT molecular complexity index is 1050. The lowest BCUT2D eigenvalue weighted by Gasteiger charge is -2.41. The Balaban J connectivity index is 1.50. The highest BCUT2D eigenvalue weighted by atomic mass is 35.5. The van der Waals surface area contributed by atoms with Crippen LogP contribution in [0.25, 0.3) is 0 Å². The van der Waals surface area contributed by atoms with E-state index in [0.717, 1.165) is 17.0 Å². The third-order valence-corrected chi connectivity index (χ3v) is 6.35. The summed E-state index contributed by atoms with van der Waals surface area (Å²) in [7, 11) is 0. The zero-order chi connectivity index (χ0) is 22.0. The maximum absolute atomic E-state index is 16.3. The summed E-state index contributed by atoms with van der Waals surface area (Å²) in [4.78, 5) is 22.0. The zero-order valence-electron chi connectivity index (χ0n) is 17.2. The first-order chi connectivity index (χ1) is 14.9. The second-order valence-corrected chi connectivity index (χ2v) is 8.57. The third-order valence-electron chi connectivity index (χ3n) is 6.06. The molecule has 0 radical (unpaired) electrons. The summed E-state index contributed by atoms with van der Waals surface area (Å²) in [6.45, 7) is 2.53. The Labute approximate surface area is 185 Å². The molecule has 4 nitrogen and oxygen atoms in total. The molecule has 1 aliphatic heterocycles.